The van der Waals surface area contributed by atoms with Crippen LogP contribution < -0.4 is 5.32 Å². The van der Waals surface area contributed by atoms with Crippen molar-refractivity contribution in [1.82, 2.24) is 0 Å². The van der Waals surface area contributed by atoms with Gasteiger partial charge in [-0.2, -0.15) is 5.26 Å². The van der Waals surface area contributed by atoms with E-state index in [4.69, 9.17) is 16.9 Å². The van der Waals surface area contributed by atoms with Crippen LogP contribution in [0.2, 0.25) is 5.02 Å². The van der Waals surface area contributed by atoms with Crippen molar-refractivity contribution in [3.05, 3.63) is 28.8 Å². The number of hydrogen-bond donors (Lipinski definition) is 1. The predicted octanol–water partition coefficient (Wildman–Crippen LogP) is 3.42. The molecular weight excluding hydrogens is 208 g/mol. The largest absolute Gasteiger partial charge is 0.384 e. The van der Waals surface area contributed by atoms with E-state index in [1.807, 2.05) is 6.07 Å². The molecule has 0 radical (unpaired) electrons. The Hall–Kier alpha value is -1.20. The van der Waals surface area contributed by atoms with Gasteiger partial charge in [-0.05, 0) is 37.0 Å². The van der Waals surface area contributed by atoms with Crippen LogP contribution in [-0.4, -0.2) is 6.54 Å². The fourth-order valence-corrected chi connectivity index (χ4v) is 1.88. The van der Waals surface area contributed by atoms with Gasteiger partial charge in [0.1, 0.15) is 6.07 Å². The summed E-state index contributed by atoms with van der Waals surface area (Å²) in [5.74, 6) is 0.774. The summed E-state index contributed by atoms with van der Waals surface area (Å²) in [6.45, 7) is 0.953. The average Bonchev–Trinajstić information content (AvgIpc) is 2.16. The second-order valence-electron chi connectivity index (χ2n) is 3.98. The van der Waals surface area contributed by atoms with Crippen LogP contribution in [0.4, 0.5) is 5.69 Å². The highest BCUT2D eigenvalue weighted by atomic mass is 35.5. The van der Waals surface area contributed by atoms with Crippen LogP contribution in [0, 0.1) is 17.2 Å². The number of nitrogens with one attached hydrogen (secondary N) is 1. The highest BCUT2D eigenvalue weighted by Gasteiger charge is 2.17. The van der Waals surface area contributed by atoms with Crippen LogP contribution in [0.1, 0.15) is 24.8 Å². The molecule has 3 heteroatoms. The minimum absolute atomic E-state index is 0.665. The summed E-state index contributed by atoms with van der Waals surface area (Å²) in [5.41, 5.74) is 1.52. The standard InChI is InChI=1S/C12H13ClN2/c13-11-5-4-10(7-14)12(6-11)15-8-9-2-1-3-9/h4-6,9,15H,1-3,8H2. The van der Waals surface area contributed by atoms with Crippen molar-refractivity contribution < 1.29 is 0 Å². The quantitative estimate of drug-likeness (QED) is 0.847. The maximum Gasteiger partial charge on any atom is 0.101 e. The normalized spacial score (nSPS) is 15.5. The van der Waals surface area contributed by atoms with Crippen molar-refractivity contribution in [2.24, 2.45) is 5.92 Å². The smallest absolute Gasteiger partial charge is 0.101 e. The van der Waals surface area contributed by atoms with Gasteiger partial charge in [0.2, 0.25) is 0 Å². The fraction of sp³-hybridized carbons (Fsp3) is 0.417. The zero-order valence-electron chi connectivity index (χ0n) is 8.46. The number of nitrogens with zero attached hydrogens (tertiary/aromatic N) is 1. The van der Waals surface area contributed by atoms with Crippen molar-refractivity contribution in [2.45, 2.75) is 19.3 Å². The lowest BCUT2D eigenvalue weighted by Crippen LogP contribution is -2.21. The zero-order valence-corrected chi connectivity index (χ0v) is 9.22. The number of benzene rings is 1. The molecule has 1 aromatic carbocycles. The van der Waals surface area contributed by atoms with E-state index in [0.717, 1.165) is 18.2 Å². The van der Waals surface area contributed by atoms with E-state index in [1.165, 1.54) is 19.3 Å². The van der Waals surface area contributed by atoms with E-state index in [2.05, 4.69) is 11.4 Å². The van der Waals surface area contributed by atoms with Gasteiger partial charge in [0.05, 0.1) is 11.3 Å². The number of anilines is 1. The molecule has 0 saturated heterocycles. The molecule has 0 spiro atoms. The van der Waals surface area contributed by atoms with E-state index < -0.39 is 0 Å². The van der Waals surface area contributed by atoms with Crippen LogP contribution in [-0.2, 0) is 0 Å². The highest BCUT2D eigenvalue weighted by molar-refractivity contribution is 6.30. The third-order valence-electron chi connectivity index (χ3n) is 2.91. The molecule has 1 N–H and O–H groups in total. The molecular formula is C12H13ClN2. The molecule has 1 aliphatic rings. The van der Waals surface area contributed by atoms with Gasteiger partial charge in [-0.1, -0.05) is 18.0 Å². The third-order valence-corrected chi connectivity index (χ3v) is 3.14. The topological polar surface area (TPSA) is 35.8 Å². The van der Waals surface area contributed by atoms with Gasteiger partial charge in [0, 0.05) is 11.6 Å². The molecule has 0 amide bonds. The summed E-state index contributed by atoms with van der Waals surface area (Å²) in [5, 5.41) is 12.9. The molecule has 1 saturated carbocycles. The SMILES string of the molecule is N#Cc1ccc(Cl)cc1NCC1CCC1. The van der Waals surface area contributed by atoms with Gasteiger partial charge in [-0.15, -0.1) is 0 Å². The van der Waals surface area contributed by atoms with E-state index in [-0.39, 0.29) is 0 Å². The molecule has 1 fully saturated rings. The molecule has 0 heterocycles. The van der Waals surface area contributed by atoms with Gasteiger partial charge in [-0.25, -0.2) is 0 Å². The van der Waals surface area contributed by atoms with Gasteiger partial charge in [-0.3, -0.25) is 0 Å². The summed E-state index contributed by atoms with van der Waals surface area (Å²) in [6.07, 6.45) is 3.94. The highest BCUT2D eigenvalue weighted by Crippen LogP contribution is 2.27. The maximum absolute atomic E-state index is 8.91. The summed E-state index contributed by atoms with van der Waals surface area (Å²) < 4.78 is 0. The second-order valence-corrected chi connectivity index (χ2v) is 4.42. The van der Waals surface area contributed by atoms with Gasteiger partial charge in [0.25, 0.3) is 0 Å². The summed E-state index contributed by atoms with van der Waals surface area (Å²) in [7, 11) is 0. The van der Waals surface area contributed by atoms with E-state index in [0.29, 0.717) is 10.6 Å². The van der Waals surface area contributed by atoms with Crippen LogP contribution in [0.15, 0.2) is 18.2 Å². The monoisotopic (exact) mass is 220 g/mol. The molecule has 78 valence electrons. The molecule has 0 atom stereocenters. The first-order valence-electron chi connectivity index (χ1n) is 5.23. The Balaban J connectivity index is 2.05. The van der Waals surface area contributed by atoms with Gasteiger partial charge >= 0.3 is 0 Å². The lowest BCUT2D eigenvalue weighted by Gasteiger charge is -2.26. The van der Waals surface area contributed by atoms with Crippen LogP contribution in [0.25, 0.3) is 0 Å². The molecule has 2 nitrogen and oxygen atoms in total. The van der Waals surface area contributed by atoms with Gasteiger partial charge in [0.15, 0.2) is 0 Å². The van der Waals surface area contributed by atoms with Gasteiger partial charge < -0.3 is 5.32 Å². The molecule has 0 unspecified atom stereocenters. The average molecular weight is 221 g/mol. The van der Waals surface area contributed by atoms with Crippen LogP contribution >= 0.6 is 11.6 Å². The minimum atomic E-state index is 0.665. The zero-order chi connectivity index (χ0) is 10.7. The second kappa shape index (κ2) is 4.55. The van der Waals surface area contributed by atoms with Crippen molar-refractivity contribution in [3.8, 4) is 6.07 Å². The molecule has 1 aromatic rings. The Bertz CT molecular complexity index is 391. The molecule has 1 aliphatic carbocycles. The predicted molar refractivity (Wildman–Crippen MR) is 62.0 cm³/mol. The Morgan fingerprint density at radius 3 is 2.87 bits per heavy atom. The van der Waals surface area contributed by atoms with E-state index in [9.17, 15) is 0 Å². The molecule has 2 rings (SSSR count). The Kier molecular flexibility index (Phi) is 3.13. The minimum Gasteiger partial charge on any atom is -0.384 e. The first kappa shape index (κ1) is 10.3. The lowest BCUT2D eigenvalue weighted by molar-refractivity contribution is 0.333. The molecule has 0 aliphatic heterocycles. The first-order chi connectivity index (χ1) is 7.29. The Labute approximate surface area is 94.9 Å². The van der Waals surface area contributed by atoms with Crippen molar-refractivity contribution in [1.29, 1.82) is 5.26 Å². The Morgan fingerprint density at radius 1 is 1.47 bits per heavy atom. The number of halogens is 1. The summed E-state index contributed by atoms with van der Waals surface area (Å²) >= 11 is 5.89. The van der Waals surface area contributed by atoms with E-state index in [1.54, 1.807) is 12.1 Å². The van der Waals surface area contributed by atoms with Crippen LogP contribution in [0.3, 0.4) is 0 Å². The number of rotatable bonds is 3. The maximum atomic E-state index is 8.91. The van der Waals surface area contributed by atoms with Crippen molar-refractivity contribution in [2.75, 3.05) is 11.9 Å². The molecule has 0 bridgehead atoms. The summed E-state index contributed by atoms with van der Waals surface area (Å²) in [4.78, 5) is 0. The summed E-state index contributed by atoms with van der Waals surface area (Å²) in [6, 6.07) is 7.48. The molecule has 0 aromatic heterocycles. The molecule has 15 heavy (non-hydrogen) atoms. The Morgan fingerprint density at radius 2 is 2.27 bits per heavy atom. The van der Waals surface area contributed by atoms with Crippen LogP contribution in [0.5, 0.6) is 0 Å². The first-order valence-corrected chi connectivity index (χ1v) is 5.61. The lowest BCUT2D eigenvalue weighted by atomic mass is 9.85. The number of hydrogen-bond acceptors (Lipinski definition) is 2. The third kappa shape index (κ3) is 2.43. The fourth-order valence-electron chi connectivity index (χ4n) is 1.71. The van der Waals surface area contributed by atoms with Crippen molar-refractivity contribution >= 4 is 17.3 Å². The van der Waals surface area contributed by atoms with Crippen molar-refractivity contribution in [3.63, 3.8) is 0 Å². The number of nitriles is 1. The van der Waals surface area contributed by atoms with E-state index >= 15 is 0 Å².